The van der Waals surface area contributed by atoms with Crippen LogP contribution in [0.3, 0.4) is 0 Å². The number of carbonyl (C=O) groups is 1. The molecule has 1 heterocycles. The van der Waals surface area contributed by atoms with Crippen LogP contribution < -0.4 is 4.74 Å². The number of thioether (sulfide) groups is 1. The minimum Gasteiger partial charge on any atom is -0.492 e. The van der Waals surface area contributed by atoms with Crippen molar-refractivity contribution in [3.8, 4) is 5.75 Å². The van der Waals surface area contributed by atoms with Crippen molar-refractivity contribution in [2.75, 3.05) is 18.6 Å². The van der Waals surface area contributed by atoms with E-state index in [1.807, 2.05) is 24.5 Å². The van der Waals surface area contributed by atoms with Gasteiger partial charge >= 0.3 is 0 Å². The number of ether oxygens (including phenoxy) is 1. The first kappa shape index (κ1) is 10.6. The van der Waals surface area contributed by atoms with Gasteiger partial charge in [-0.2, -0.15) is 11.8 Å². The summed E-state index contributed by atoms with van der Waals surface area (Å²) in [6.45, 7) is 0.710. The molecule has 1 aromatic carbocycles. The highest BCUT2D eigenvalue weighted by Gasteiger charge is 2.19. The summed E-state index contributed by atoms with van der Waals surface area (Å²) >= 11 is 1.70. The standard InChI is InChI=1S/C12H14O2S/c1-15-8-6-11(13)10-4-2-3-9-5-7-14-12(9)10/h2-4H,5-8H2,1H3. The van der Waals surface area contributed by atoms with Gasteiger partial charge in [-0.1, -0.05) is 12.1 Å². The van der Waals surface area contributed by atoms with Crippen molar-refractivity contribution in [1.82, 2.24) is 0 Å². The molecular formula is C12H14O2S. The van der Waals surface area contributed by atoms with Crippen molar-refractivity contribution in [1.29, 1.82) is 0 Å². The zero-order valence-electron chi connectivity index (χ0n) is 8.79. The van der Waals surface area contributed by atoms with Gasteiger partial charge in [0.1, 0.15) is 5.75 Å². The smallest absolute Gasteiger partial charge is 0.167 e. The molecule has 15 heavy (non-hydrogen) atoms. The molecule has 0 radical (unpaired) electrons. The molecule has 0 fully saturated rings. The minimum absolute atomic E-state index is 0.197. The minimum atomic E-state index is 0.197. The Kier molecular flexibility index (Phi) is 3.31. The van der Waals surface area contributed by atoms with Crippen LogP contribution in [-0.4, -0.2) is 24.4 Å². The largest absolute Gasteiger partial charge is 0.492 e. The van der Waals surface area contributed by atoms with Crippen LogP contribution in [0, 0.1) is 0 Å². The van der Waals surface area contributed by atoms with Crippen molar-refractivity contribution in [2.24, 2.45) is 0 Å². The average Bonchev–Trinajstić information content (AvgIpc) is 2.73. The van der Waals surface area contributed by atoms with Crippen molar-refractivity contribution in [3.05, 3.63) is 29.3 Å². The third-order valence-corrected chi connectivity index (χ3v) is 3.16. The summed E-state index contributed by atoms with van der Waals surface area (Å²) in [5.74, 6) is 1.90. The Morgan fingerprint density at radius 2 is 2.40 bits per heavy atom. The van der Waals surface area contributed by atoms with Crippen molar-refractivity contribution in [2.45, 2.75) is 12.8 Å². The fraction of sp³-hybridized carbons (Fsp3) is 0.417. The van der Waals surface area contributed by atoms with E-state index < -0.39 is 0 Å². The van der Waals surface area contributed by atoms with Gasteiger partial charge in [0.25, 0.3) is 0 Å². The molecule has 0 atom stereocenters. The van der Waals surface area contributed by atoms with Gasteiger partial charge in [-0.05, 0) is 17.9 Å². The van der Waals surface area contributed by atoms with E-state index in [1.165, 1.54) is 5.56 Å². The Bertz CT molecular complexity index is 374. The third kappa shape index (κ3) is 2.17. The van der Waals surface area contributed by atoms with Crippen LogP contribution in [0.4, 0.5) is 0 Å². The molecule has 1 aromatic rings. The number of Topliss-reactive ketones (excluding diaryl/α,β-unsaturated/α-hetero) is 1. The Morgan fingerprint density at radius 3 is 3.20 bits per heavy atom. The lowest BCUT2D eigenvalue weighted by molar-refractivity contribution is 0.0986. The highest BCUT2D eigenvalue weighted by molar-refractivity contribution is 7.98. The third-order valence-electron chi connectivity index (χ3n) is 2.55. The van der Waals surface area contributed by atoms with E-state index in [4.69, 9.17) is 4.74 Å². The van der Waals surface area contributed by atoms with Crippen LogP contribution in [0.25, 0.3) is 0 Å². The number of ketones is 1. The maximum Gasteiger partial charge on any atom is 0.167 e. The van der Waals surface area contributed by atoms with E-state index >= 15 is 0 Å². The fourth-order valence-electron chi connectivity index (χ4n) is 1.76. The van der Waals surface area contributed by atoms with Crippen molar-refractivity contribution >= 4 is 17.5 Å². The van der Waals surface area contributed by atoms with Crippen LogP contribution in [-0.2, 0) is 6.42 Å². The molecule has 0 saturated heterocycles. The Labute approximate surface area is 94.0 Å². The zero-order chi connectivity index (χ0) is 10.7. The van der Waals surface area contributed by atoms with Gasteiger partial charge in [-0.15, -0.1) is 0 Å². The molecule has 2 rings (SSSR count). The predicted octanol–water partition coefficient (Wildman–Crippen LogP) is 2.56. The van der Waals surface area contributed by atoms with Crippen molar-refractivity contribution in [3.63, 3.8) is 0 Å². The average molecular weight is 222 g/mol. The normalized spacial score (nSPS) is 13.4. The van der Waals surface area contributed by atoms with Gasteiger partial charge in [0, 0.05) is 18.6 Å². The maximum absolute atomic E-state index is 11.9. The summed E-state index contributed by atoms with van der Waals surface area (Å²) in [6, 6.07) is 5.85. The van der Waals surface area contributed by atoms with Crippen molar-refractivity contribution < 1.29 is 9.53 Å². The molecule has 0 amide bonds. The predicted molar refractivity (Wildman–Crippen MR) is 63.0 cm³/mol. The zero-order valence-corrected chi connectivity index (χ0v) is 9.60. The van der Waals surface area contributed by atoms with Crippen LogP contribution in [0.15, 0.2) is 18.2 Å². The maximum atomic E-state index is 11.9. The molecule has 1 aliphatic heterocycles. The van der Waals surface area contributed by atoms with E-state index in [-0.39, 0.29) is 5.78 Å². The van der Waals surface area contributed by atoms with E-state index in [0.29, 0.717) is 13.0 Å². The number of carbonyl (C=O) groups excluding carboxylic acids is 1. The summed E-state index contributed by atoms with van der Waals surface area (Å²) in [5.41, 5.74) is 1.93. The molecule has 3 heteroatoms. The molecule has 0 aromatic heterocycles. The molecule has 1 aliphatic rings. The Hall–Kier alpha value is -0.960. The monoisotopic (exact) mass is 222 g/mol. The van der Waals surface area contributed by atoms with E-state index in [9.17, 15) is 4.79 Å². The first-order valence-electron chi connectivity index (χ1n) is 5.09. The lowest BCUT2D eigenvalue weighted by Crippen LogP contribution is -2.02. The fourth-order valence-corrected chi connectivity index (χ4v) is 2.15. The van der Waals surface area contributed by atoms with Gasteiger partial charge in [-0.25, -0.2) is 0 Å². The summed E-state index contributed by atoms with van der Waals surface area (Å²) in [7, 11) is 0. The Balaban J connectivity index is 2.21. The second kappa shape index (κ2) is 4.71. The van der Waals surface area contributed by atoms with Gasteiger partial charge in [0.2, 0.25) is 0 Å². The van der Waals surface area contributed by atoms with Gasteiger partial charge in [0.15, 0.2) is 5.78 Å². The molecule has 0 unspecified atom stereocenters. The molecular weight excluding hydrogens is 208 g/mol. The highest BCUT2D eigenvalue weighted by atomic mass is 32.2. The number of para-hydroxylation sites is 1. The van der Waals surface area contributed by atoms with E-state index in [1.54, 1.807) is 11.8 Å². The summed E-state index contributed by atoms with van der Waals surface area (Å²) in [6.07, 6.45) is 3.54. The lowest BCUT2D eigenvalue weighted by Gasteiger charge is -2.06. The molecule has 0 bridgehead atoms. The SMILES string of the molecule is CSCCC(=O)c1cccc2c1OCC2. The van der Waals surface area contributed by atoms with Gasteiger partial charge in [-0.3, -0.25) is 4.79 Å². The number of rotatable bonds is 4. The quantitative estimate of drug-likeness (QED) is 0.732. The first-order valence-corrected chi connectivity index (χ1v) is 6.49. The second-order valence-corrected chi connectivity index (χ2v) is 4.54. The summed E-state index contributed by atoms with van der Waals surface area (Å²) < 4.78 is 5.50. The van der Waals surface area contributed by atoms with Gasteiger partial charge < -0.3 is 4.74 Å². The van der Waals surface area contributed by atoms with Crippen LogP contribution in [0.2, 0.25) is 0 Å². The number of benzene rings is 1. The van der Waals surface area contributed by atoms with Crippen LogP contribution in [0.1, 0.15) is 22.3 Å². The highest BCUT2D eigenvalue weighted by Crippen LogP contribution is 2.30. The number of fused-ring (bicyclic) bond motifs is 1. The Morgan fingerprint density at radius 1 is 1.53 bits per heavy atom. The first-order chi connectivity index (χ1) is 7.33. The number of hydrogen-bond acceptors (Lipinski definition) is 3. The molecule has 2 nitrogen and oxygen atoms in total. The summed E-state index contributed by atoms with van der Waals surface area (Å²) in [4.78, 5) is 11.9. The molecule has 0 aliphatic carbocycles. The number of hydrogen-bond donors (Lipinski definition) is 0. The lowest BCUT2D eigenvalue weighted by atomic mass is 10.0. The molecule has 80 valence electrons. The molecule has 0 N–H and O–H groups in total. The van der Waals surface area contributed by atoms with E-state index in [0.717, 1.165) is 23.5 Å². The summed E-state index contributed by atoms with van der Waals surface area (Å²) in [5, 5.41) is 0. The van der Waals surface area contributed by atoms with Crippen LogP contribution >= 0.6 is 11.8 Å². The second-order valence-electron chi connectivity index (χ2n) is 3.56. The molecule has 0 spiro atoms. The van der Waals surface area contributed by atoms with Crippen LogP contribution in [0.5, 0.6) is 5.75 Å². The molecule has 0 saturated carbocycles. The topological polar surface area (TPSA) is 26.3 Å². The van der Waals surface area contributed by atoms with Gasteiger partial charge in [0.05, 0.1) is 12.2 Å². The van der Waals surface area contributed by atoms with E-state index in [2.05, 4.69) is 0 Å².